The van der Waals surface area contributed by atoms with E-state index >= 15 is 0 Å². The van der Waals surface area contributed by atoms with E-state index in [9.17, 15) is 0 Å². The van der Waals surface area contributed by atoms with Gasteiger partial charge >= 0.3 is 18.9 Å². The maximum atomic E-state index is 4.32. The Balaban J connectivity index is 0.000000720. The van der Waals surface area contributed by atoms with Crippen LogP contribution >= 0.6 is 0 Å². The van der Waals surface area contributed by atoms with Crippen LogP contribution < -0.4 is 18.9 Å². The molecule has 2 heteroatoms. The van der Waals surface area contributed by atoms with Gasteiger partial charge in [0.15, 0.2) is 0 Å². The van der Waals surface area contributed by atoms with Gasteiger partial charge in [-0.1, -0.05) is 23.9 Å². The number of fused-ring (bicyclic) bond motifs is 1. The summed E-state index contributed by atoms with van der Waals surface area (Å²) in [5.74, 6) is 0. The van der Waals surface area contributed by atoms with Crippen molar-refractivity contribution in [3.63, 3.8) is 0 Å². The van der Waals surface area contributed by atoms with Crippen molar-refractivity contribution >= 4 is 10.9 Å². The second-order valence-electron chi connectivity index (χ2n) is 2.54. The maximum Gasteiger partial charge on any atom is 1.00 e. The van der Waals surface area contributed by atoms with Crippen LogP contribution in [0.4, 0.5) is 0 Å². The molecular weight excluding hydrogens is 141 g/mol. The Morgan fingerprint density at radius 3 is 2.83 bits per heavy atom. The van der Waals surface area contributed by atoms with Crippen molar-refractivity contribution in [2.45, 2.75) is 6.92 Å². The Kier molecular flexibility index (Phi) is 2.92. The van der Waals surface area contributed by atoms with Gasteiger partial charge in [-0.2, -0.15) is 0 Å². The molecule has 0 bridgehead atoms. The van der Waals surface area contributed by atoms with Gasteiger partial charge in [-0.05, 0) is 12.4 Å². The summed E-state index contributed by atoms with van der Waals surface area (Å²) < 4.78 is 0. The first-order chi connectivity index (χ1) is 5.36. The van der Waals surface area contributed by atoms with E-state index in [0.717, 1.165) is 16.6 Å². The summed E-state index contributed by atoms with van der Waals surface area (Å²) in [6.07, 6.45) is 0. The number of aromatic nitrogens is 1. The van der Waals surface area contributed by atoms with E-state index in [1.54, 1.807) is 0 Å². The van der Waals surface area contributed by atoms with Crippen LogP contribution in [0.15, 0.2) is 30.3 Å². The van der Waals surface area contributed by atoms with Crippen LogP contribution in [-0.2, 0) is 0 Å². The predicted molar refractivity (Wildman–Crippen MR) is 45.3 cm³/mol. The summed E-state index contributed by atoms with van der Waals surface area (Å²) >= 11 is 0. The van der Waals surface area contributed by atoms with E-state index in [1.165, 1.54) is 0 Å². The second-order valence-corrected chi connectivity index (χ2v) is 2.54. The normalized spacial score (nSPS) is 9.42. The number of aryl methyl sites for hydroxylation is 1. The molecule has 0 atom stereocenters. The number of nitrogens with zero attached hydrogens (tertiary/aromatic N) is 1. The van der Waals surface area contributed by atoms with E-state index in [-0.39, 0.29) is 18.9 Å². The molecule has 2 rings (SSSR count). The Labute approximate surface area is 84.0 Å². The van der Waals surface area contributed by atoms with Gasteiger partial charge in [0.1, 0.15) is 0 Å². The van der Waals surface area contributed by atoms with E-state index < -0.39 is 0 Å². The Morgan fingerprint density at radius 1 is 1.25 bits per heavy atom. The molecule has 54 valence electrons. The molecule has 0 radical (unpaired) electrons. The molecular formula is C10H8LiN. The minimum Gasteiger partial charge on any atom is -0.293 e. The fraction of sp³-hybridized carbons (Fsp3) is 0.100. The first-order valence-corrected chi connectivity index (χ1v) is 3.60. The zero-order valence-electron chi connectivity index (χ0n) is 7.33. The summed E-state index contributed by atoms with van der Waals surface area (Å²) in [5.41, 5.74) is 1.99. The number of benzene rings is 1. The number of hydrogen-bond acceptors (Lipinski definition) is 1. The SMILES string of the molecule is Cc1[c-]cc2ccccc2n1.[Li+]. The van der Waals surface area contributed by atoms with Gasteiger partial charge in [0.25, 0.3) is 0 Å². The molecule has 1 heterocycles. The largest absolute Gasteiger partial charge is 1.00 e. The molecule has 0 unspecified atom stereocenters. The smallest absolute Gasteiger partial charge is 0.293 e. The van der Waals surface area contributed by atoms with E-state index in [1.807, 2.05) is 37.3 Å². The van der Waals surface area contributed by atoms with Gasteiger partial charge < -0.3 is 0 Å². The van der Waals surface area contributed by atoms with Crippen LogP contribution in [0.1, 0.15) is 5.69 Å². The van der Waals surface area contributed by atoms with Gasteiger partial charge in [-0.15, -0.1) is 11.5 Å². The van der Waals surface area contributed by atoms with Crippen molar-refractivity contribution < 1.29 is 18.9 Å². The van der Waals surface area contributed by atoms with Gasteiger partial charge in [-0.25, -0.2) is 12.1 Å². The van der Waals surface area contributed by atoms with Gasteiger partial charge in [0.05, 0.1) is 0 Å². The standard InChI is InChI=1S/C10H8N.Li/c1-8-6-7-9-4-2-3-5-10(9)11-8;/h2-5,7H,1H3;/q-1;+1. The zero-order chi connectivity index (χ0) is 7.68. The molecule has 1 aromatic heterocycles. The Bertz CT molecular complexity index is 384. The molecule has 0 N–H and O–H groups in total. The van der Waals surface area contributed by atoms with Crippen LogP contribution in [-0.4, -0.2) is 4.98 Å². The van der Waals surface area contributed by atoms with Crippen molar-refractivity contribution in [2.75, 3.05) is 0 Å². The average molecular weight is 149 g/mol. The van der Waals surface area contributed by atoms with Crippen molar-refractivity contribution in [1.29, 1.82) is 0 Å². The molecule has 0 aliphatic carbocycles. The van der Waals surface area contributed by atoms with E-state index in [4.69, 9.17) is 0 Å². The monoisotopic (exact) mass is 149 g/mol. The third-order valence-electron chi connectivity index (χ3n) is 1.66. The van der Waals surface area contributed by atoms with Gasteiger partial charge in [-0.3, -0.25) is 4.98 Å². The number of hydrogen-bond donors (Lipinski definition) is 0. The van der Waals surface area contributed by atoms with Crippen LogP contribution in [0.5, 0.6) is 0 Å². The Hall–Kier alpha value is -0.773. The van der Waals surface area contributed by atoms with Crippen LogP contribution in [0.3, 0.4) is 0 Å². The summed E-state index contributed by atoms with van der Waals surface area (Å²) in [6.45, 7) is 1.95. The van der Waals surface area contributed by atoms with Crippen molar-refractivity contribution in [1.82, 2.24) is 4.98 Å². The third kappa shape index (κ3) is 1.69. The van der Waals surface area contributed by atoms with Crippen molar-refractivity contribution in [3.05, 3.63) is 42.1 Å². The fourth-order valence-electron chi connectivity index (χ4n) is 1.11. The van der Waals surface area contributed by atoms with Crippen LogP contribution in [0.25, 0.3) is 10.9 Å². The minimum atomic E-state index is 0. The van der Waals surface area contributed by atoms with Gasteiger partial charge in [0, 0.05) is 0 Å². The van der Waals surface area contributed by atoms with Crippen LogP contribution in [0.2, 0.25) is 0 Å². The molecule has 1 aromatic carbocycles. The number of para-hydroxylation sites is 1. The third-order valence-corrected chi connectivity index (χ3v) is 1.66. The molecule has 0 aliphatic heterocycles. The maximum absolute atomic E-state index is 4.32. The summed E-state index contributed by atoms with van der Waals surface area (Å²) in [4.78, 5) is 4.32. The predicted octanol–water partition coefficient (Wildman–Crippen LogP) is -0.653. The number of rotatable bonds is 0. The van der Waals surface area contributed by atoms with Crippen molar-refractivity contribution in [3.8, 4) is 0 Å². The fourth-order valence-corrected chi connectivity index (χ4v) is 1.11. The van der Waals surface area contributed by atoms with Gasteiger partial charge in [0.2, 0.25) is 0 Å². The molecule has 0 saturated heterocycles. The zero-order valence-corrected chi connectivity index (χ0v) is 7.33. The molecule has 2 aromatic rings. The minimum absolute atomic E-state index is 0. The second kappa shape index (κ2) is 3.76. The first-order valence-electron chi connectivity index (χ1n) is 3.60. The average Bonchev–Trinajstić information content (AvgIpc) is 2.04. The van der Waals surface area contributed by atoms with E-state index in [0.29, 0.717) is 0 Å². The summed E-state index contributed by atoms with van der Waals surface area (Å²) in [6, 6.07) is 13.1. The first kappa shape index (κ1) is 9.32. The molecule has 0 spiro atoms. The van der Waals surface area contributed by atoms with E-state index in [2.05, 4.69) is 11.1 Å². The molecule has 0 amide bonds. The van der Waals surface area contributed by atoms with Crippen LogP contribution in [0, 0.1) is 13.0 Å². The topological polar surface area (TPSA) is 12.9 Å². The molecule has 0 saturated carbocycles. The number of pyridine rings is 1. The molecule has 0 fully saturated rings. The Morgan fingerprint density at radius 2 is 2.00 bits per heavy atom. The molecule has 12 heavy (non-hydrogen) atoms. The summed E-state index contributed by atoms with van der Waals surface area (Å²) in [5, 5.41) is 1.15. The molecule has 0 aliphatic rings. The quantitative estimate of drug-likeness (QED) is 0.358. The van der Waals surface area contributed by atoms with Crippen molar-refractivity contribution in [2.24, 2.45) is 0 Å². The molecule has 1 nitrogen and oxygen atoms in total. The summed E-state index contributed by atoms with van der Waals surface area (Å²) in [7, 11) is 0.